The van der Waals surface area contributed by atoms with Crippen LogP contribution in [0.5, 0.6) is 0 Å². The molecule has 0 unspecified atom stereocenters. The van der Waals surface area contributed by atoms with Crippen molar-refractivity contribution in [3.8, 4) is 0 Å². The molecule has 19 heavy (non-hydrogen) atoms. The van der Waals surface area contributed by atoms with Crippen LogP contribution in [-0.2, 0) is 27.3 Å². The molecule has 0 aliphatic rings. The van der Waals surface area contributed by atoms with Gasteiger partial charge in [-0.15, -0.1) is 5.10 Å². The summed E-state index contributed by atoms with van der Waals surface area (Å²) in [4.78, 5) is 21.9. The number of nitrogens with one attached hydrogen (secondary N) is 1. The Morgan fingerprint density at radius 1 is 1.53 bits per heavy atom. The molecule has 8 nitrogen and oxygen atoms in total. The van der Waals surface area contributed by atoms with Crippen LogP contribution in [0, 0.1) is 0 Å². The Balaban J connectivity index is 2.28. The Hall–Kier alpha value is -1.96. The minimum Gasteiger partial charge on any atom is -0.481 e. The number of aryl methyl sites for hydroxylation is 1. The lowest BCUT2D eigenvalue weighted by atomic mass is 10.2. The lowest BCUT2D eigenvalue weighted by Gasteiger charge is -2.04. The van der Waals surface area contributed by atoms with Gasteiger partial charge in [0.1, 0.15) is 6.54 Å². The molecule has 1 aromatic rings. The van der Waals surface area contributed by atoms with E-state index in [0.717, 1.165) is 6.42 Å². The van der Waals surface area contributed by atoms with E-state index in [2.05, 4.69) is 15.6 Å². The molecule has 1 heterocycles. The molecule has 0 saturated heterocycles. The number of nitrogens with zero attached hydrogens (tertiary/aromatic N) is 3. The summed E-state index contributed by atoms with van der Waals surface area (Å²) >= 11 is 0. The number of hydrogen-bond acceptors (Lipinski definition) is 5. The van der Waals surface area contributed by atoms with E-state index in [9.17, 15) is 9.59 Å². The summed E-state index contributed by atoms with van der Waals surface area (Å²) in [6.45, 7) is 1.23. The second-order valence-electron chi connectivity index (χ2n) is 4.00. The fourth-order valence-corrected chi connectivity index (χ4v) is 1.41. The van der Waals surface area contributed by atoms with Crippen LogP contribution in [0.4, 0.5) is 0 Å². The van der Waals surface area contributed by atoms with Crippen LogP contribution in [0.2, 0.25) is 0 Å². The first-order valence-electron chi connectivity index (χ1n) is 5.98. The highest BCUT2D eigenvalue weighted by atomic mass is 16.5. The summed E-state index contributed by atoms with van der Waals surface area (Å²) in [5, 5.41) is 18.8. The standard InChI is InChI=1S/C11H18N4O4/c1-19-6-2-5-12-10(16)8-15-7-9(13-14-15)3-4-11(17)18/h7H,2-6,8H2,1H3,(H,12,16)(H,17,18). The zero-order valence-corrected chi connectivity index (χ0v) is 10.8. The van der Waals surface area contributed by atoms with Gasteiger partial charge in [-0.2, -0.15) is 0 Å². The quantitative estimate of drug-likeness (QED) is 0.583. The number of hydrogen-bond donors (Lipinski definition) is 2. The van der Waals surface area contributed by atoms with E-state index in [1.54, 1.807) is 13.3 Å². The van der Waals surface area contributed by atoms with Crippen molar-refractivity contribution in [2.75, 3.05) is 20.3 Å². The molecule has 0 fully saturated rings. The van der Waals surface area contributed by atoms with Crippen LogP contribution >= 0.6 is 0 Å². The number of amides is 1. The molecule has 0 atom stereocenters. The smallest absolute Gasteiger partial charge is 0.303 e. The van der Waals surface area contributed by atoms with Crippen LogP contribution in [0.25, 0.3) is 0 Å². The Morgan fingerprint density at radius 3 is 3.00 bits per heavy atom. The van der Waals surface area contributed by atoms with Crippen molar-refractivity contribution in [1.29, 1.82) is 0 Å². The molecule has 106 valence electrons. The molecule has 1 aromatic heterocycles. The predicted octanol–water partition coefficient (Wildman–Crippen LogP) is -0.552. The first-order chi connectivity index (χ1) is 9.11. The highest BCUT2D eigenvalue weighted by molar-refractivity contribution is 5.75. The van der Waals surface area contributed by atoms with Gasteiger partial charge in [-0.25, -0.2) is 4.68 Å². The summed E-state index contributed by atoms with van der Waals surface area (Å²) in [7, 11) is 1.61. The third kappa shape index (κ3) is 6.51. The minimum atomic E-state index is -0.884. The van der Waals surface area contributed by atoms with Crippen molar-refractivity contribution in [3.05, 3.63) is 11.9 Å². The number of rotatable bonds is 9. The molecule has 0 spiro atoms. The van der Waals surface area contributed by atoms with Crippen molar-refractivity contribution < 1.29 is 19.4 Å². The second kappa shape index (κ2) is 8.20. The molecule has 1 rings (SSSR count). The van der Waals surface area contributed by atoms with Gasteiger partial charge < -0.3 is 15.2 Å². The van der Waals surface area contributed by atoms with Crippen LogP contribution in [0.3, 0.4) is 0 Å². The number of methoxy groups -OCH3 is 1. The van der Waals surface area contributed by atoms with Gasteiger partial charge in [0.25, 0.3) is 0 Å². The number of carboxylic acid groups (broad SMARTS) is 1. The fraction of sp³-hybridized carbons (Fsp3) is 0.636. The van der Waals surface area contributed by atoms with Crippen molar-refractivity contribution in [1.82, 2.24) is 20.3 Å². The van der Waals surface area contributed by atoms with Gasteiger partial charge in [0.2, 0.25) is 5.91 Å². The van der Waals surface area contributed by atoms with E-state index in [0.29, 0.717) is 25.3 Å². The summed E-state index contributed by atoms with van der Waals surface area (Å²) in [5.74, 6) is -1.05. The zero-order valence-electron chi connectivity index (χ0n) is 10.8. The van der Waals surface area contributed by atoms with E-state index >= 15 is 0 Å². The largest absolute Gasteiger partial charge is 0.481 e. The van der Waals surface area contributed by atoms with Gasteiger partial charge in [-0.05, 0) is 6.42 Å². The number of carbonyl (C=O) groups is 2. The van der Waals surface area contributed by atoms with Crippen molar-refractivity contribution in [2.24, 2.45) is 0 Å². The molecule has 2 N–H and O–H groups in total. The lowest BCUT2D eigenvalue weighted by Crippen LogP contribution is -2.29. The maximum atomic E-state index is 11.5. The molecule has 0 aromatic carbocycles. The molecule has 1 amide bonds. The maximum Gasteiger partial charge on any atom is 0.303 e. The number of aliphatic carboxylic acids is 1. The van der Waals surface area contributed by atoms with Gasteiger partial charge in [0.05, 0.1) is 12.1 Å². The SMILES string of the molecule is COCCCNC(=O)Cn1cc(CCC(=O)O)nn1. The number of carbonyl (C=O) groups excluding carboxylic acids is 1. The summed E-state index contributed by atoms with van der Waals surface area (Å²) in [6, 6.07) is 0. The molecule has 0 saturated carbocycles. The number of ether oxygens (including phenoxy) is 1. The molecule has 0 radical (unpaired) electrons. The van der Waals surface area contributed by atoms with Gasteiger partial charge in [0.15, 0.2) is 0 Å². The van der Waals surface area contributed by atoms with Crippen molar-refractivity contribution in [2.45, 2.75) is 25.8 Å². The van der Waals surface area contributed by atoms with Crippen LogP contribution in [0.15, 0.2) is 6.20 Å². The Kier molecular flexibility index (Phi) is 6.51. The second-order valence-corrected chi connectivity index (χ2v) is 4.00. The maximum absolute atomic E-state index is 11.5. The van der Waals surface area contributed by atoms with Crippen LogP contribution < -0.4 is 5.32 Å². The van der Waals surface area contributed by atoms with E-state index in [1.165, 1.54) is 4.68 Å². The fourth-order valence-electron chi connectivity index (χ4n) is 1.41. The van der Waals surface area contributed by atoms with Gasteiger partial charge >= 0.3 is 5.97 Å². The third-order valence-electron chi connectivity index (χ3n) is 2.33. The normalized spacial score (nSPS) is 10.4. The number of aromatic nitrogens is 3. The molecule has 0 aliphatic heterocycles. The third-order valence-corrected chi connectivity index (χ3v) is 2.33. The Morgan fingerprint density at radius 2 is 2.32 bits per heavy atom. The molecule has 8 heteroatoms. The van der Waals surface area contributed by atoms with Crippen LogP contribution in [0.1, 0.15) is 18.5 Å². The number of carboxylic acids is 1. The average Bonchev–Trinajstić information content (AvgIpc) is 2.80. The molecule has 0 bridgehead atoms. The molecule has 0 aliphatic carbocycles. The summed E-state index contributed by atoms with van der Waals surface area (Å²) in [5.41, 5.74) is 0.564. The predicted molar refractivity (Wildman–Crippen MR) is 65.5 cm³/mol. The van der Waals surface area contributed by atoms with Crippen molar-refractivity contribution >= 4 is 11.9 Å². The van der Waals surface area contributed by atoms with E-state index in [4.69, 9.17) is 9.84 Å². The molecular weight excluding hydrogens is 252 g/mol. The Labute approximate surface area is 110 Å². The van der Waals surface area contributed by atoms with Crippen molar-refractivity contribution in [3.63, 3.8) is 0 Å². The first-order valence-corrected chi connectivity index (χ1v) is 5.98. The molecular formula is C11H18N4O4. The minimum absolute atomic E-state index is 0.00189. The first kappa shape index (κ1) is 15.1. The average molecular weight is 270 g/mol. The summed E-state index contributed by atoms with van der Waals surface area (Å²) < 4.78 is 6.26. The topological polar surface area (TPSA) is 106 Å². The lowest BCUT2D eigenvalue weighted by molar-refractivity contribution is -0.137. The monoisotopic (exact) mass is 270 g/mol. The van der Waals surface area contributed by atoms with E-state index < -0.39 is 5.97 Å². The zero-order chi connectivity index (χ0) is 14.1. The van der Waals surface area contributed by atoms with E-state index in [-0.39, 0.29) is 18.9 Å². The van der Waals surface area contributed by atoms with Gasteiger partial charge in [-0.3, -0.25) is 9.59 Å². The van der Waals surface area contributed by atoms with Gasteiger partial charge in [-0.1, -0.05) is 5.21 Å². The van der Waals surface area contributed by atoms with E-state index in [1.807, 2.05) is 0 Å². The van der Waals surface area contributed by atoms with Gasteiger partial charge in [0, 0.05) is 32.9 Å². The summed E-state index contributed by atoms with van der Waals surface area (Å²) in [6.07, 6.45) is 2.65. The Bertz CT molecular complexity index is 419. The highest BCUT2D eigenvalue weighted by Gasteiger charge is 2.07. The van der Waals surface area contributed by atoms with Crippen LogP contribution in [-0.4, -0.2) is 52.2 Å². The highest BCUT2D eigenvalue weighted by Crippen LogP contribution is 1.98.